The van der Waals surface area contributed by atoms with Crippen molar-refractivity contribution in [1.82, 2.24) is 0 Å². The second-order valence-electron chi connectivity index (χ2n) is 3.95. The van der Waals surface area contributed by atoms with Gasteiger partial charge in [-0.15, -0.1) is 0 Å². The minimum atomic E-state index is -0.283. The molecule has 18 heavy (non-hydrogen) atoms. The lowest BCUT2D eigenvalue weighted by molar-refractivity contribution is 0.493. The van der Waals surface area contributed by atoms with Crippen LogP contribution in [0.4, 0.5) is 0 Å². The molecule has 0 bridgehead atoms. The molecule has 3 heteroatoms. The predicted octanol–water partition coefficient (Wildman–Crippen LogP) is 4.06. The van der Waals surface area contributed by atoms with Gasteiger partial charge in [-0.1, -0.05) is 48.5 Å². The van der Waals surface area contributed by atoms with Crippen LogP contribution in [0.3, 0.4) is 0 Å². The molecule has 1 aromatic heterocycles. The first kappa shape index (κ1) is 11.5. The highest BCUT2D eigenvalue weighted by Crippen LogP contribution is 2.30. The van der Waals surface area contributed by atoms with Gasteiger partial charge in [-0.3, -0.25) is 0 Å². The average Bonchev–Trinajstić information content (AvgIpc) is 2.40. The maximum atomic E-state index is 11.8. The highest BCUT2D eigenvalue weighted by atomic mass is 127. The van der Waals surface area contributed by atoms with Crippen LogP contribution < -0.4 is 5.63 Å². The molecular weight excluding hydrogens is 339 g/mol. The normalized spacial score (nSPS) is 10.7. The Bertz CT molecular complexity index is 760. The first-order valence-electron chi connectivity index (χ1n) is 5.54. The van der Waals surface area contributed by atoms with Crippen LogP contribution in [0.15, 0.2) is 63.8 Å². The van der Waals surface area contributed by atoms with Crippen LogP contribution in [0, 0.1) is 3.77 Å². The van der Waals surface area contributed by atoms with E-state index in [4.69, 9.17) is 4.42 Å². The Kier molecular flexibility index (Phi) is 2.91. The van der Waals surface area contributed by atoms with Gasteiger partial charge in [0.2, 0.25) is 0 Å². The zero-order valence-corrected chi connectivity index (χ0v) is 11.5. The van der Waals surface area contributed by atoms with E-state index in [1.54, 1.807) is 6.07 Å². The summed E-state index contributed by atoms with van der Waals surface area (Å²) < 4.78 is 5.93. The molecule has 0 unspecified atom stereocenters. The van der Waals surface area contributed by atoms with Crippen LogP contribution in [0.25, 0.3) is 21.9 Å². The van der Waals surface area contributed by atoms with Gasteiger partial charge in [-0.25, -0.2) is 4.79 Å². The molecular formula is C15H9IO2. The molecule has 0 atom stereocenters. The van der Waals surface area contributed by atoms with Gasteiger partial charge in [0.05, 0.1) is 5.39 Å². The second-order valence-corrected chi connectivity index (χ2v) is 4.93. The molecule has 2 nitrogen and oxygen atoms in total. The predicted molar refractivity (Wildman–Crippen MR) is 80.6 cm³/mol. The highest BCUT2D eigenvalue weighted by Gasteiger charge is 2.12. The summed E-state index contributed by atoms with van der Waals surface area (Å²) in [5.41, 5.74) is 1.75. The third-order valence-corrected chi connectivity index (χ3v) is 3.62. The molecule has 0 saturated carbocycles. The van der Waals surface area contributed by atoms with E-state index in [0.717, 1.165) is 16.5 Å². The summed E-state index contributed by atoms with van der Waals surface area (Å²) >= 11 is 2.07. The van der Waals surface area contributed by atoms with Crippen molar-refractivity contribution in [1.29, 1.82) is 0 Å². The van der Waals surface area contributed by atoms with Gasteiger partial charge in [0.1, 0.15) is 0 Å². The lowest BCUT2D eigenvalue weighted by Crippen LogP contribution is -2.02. The molecule has 0 radical (unpaired) electrons. The van der Waals surface area contributed by atoms with E-state index < -0.39 is 0 Å². The summed E-state index contributed by atoms with van der Waals surface area (Å²) in [6.07, 6.45) is 0. The van der Waals surface area contributed by atoms with Crippen molar-refractivity contribution in [3.05, 3.63) is 68.8 Å². The highest BCUT2D eigenvalue weighted by molar-refractivity contribution is 14.1. The maximum absolute atomic E-state index is 11.8. The molecule has 3 aromatic rings. The fourth-order valence-corrected chi connectivity index (χ4v) is 2.85. The Hall–Kier alpha value is -1.62. The fraction of sp³-hybridized carbons (Fsp3) is 0. The fourth-order valence-electron chi connectivity index (χ4n) is 2.05. The van der Waals surface area contributed by atoms with Crippen molar-refractivity contribution >= 4 is 33.4 Å². The summed E-state index contributed by atoms with van der Waals surface area (Å²) in [7, 11) is 0. The van der Waals surface area contributed by atoms with Gasteiger partial charge < -0.3 is 4.42 Å². The summed E-state index contributed by atoms with van der Waals surface area (Å²) in [5, 5.41) is 1.56. The van der Waals surface area contributed by atoms with E-state index in [2.05, 4.69) is 22.6 Å². The summed E-state index contributed by atoms with van der Waals surface area (Å²) in [6, 6.07) is 17.5. The van der Waals surface area contributed by atoms with Gasteiger partial charge in [0, 0.05) is 33.5 Å². The number of hydrogen-bond acceptors (Lipinski definition) is 2. The largest absolute Gasteiger partial charge is 0.416 e. The topological polar surface area (TPSA) is 30.2 Å². The van der Waals surface area contributed by atoms with Crippen LogP contribution in [0.1, 0.15) is 0 Å². The van der Waals surface area contributed by atoms with E-state index in [-0.39, 0.29) is 5.63 Å². The summed E-state index contributed by atoms with van der Waals surface area (Å²) in [4.78, 5) is 11.8. The molecule has 0 aliphatic rings. The molecule has 88 valence electrons. The molecule has 2 aromatic carbocycles. The molecule has 0 aliphatic heterocycles. The Labute approximate surface area is 117 Å². The number of hydrogen-bond donors (Lipinski definition) is 0. The molecule has 3 rings (SSSR count). The third-order valence-electron chi connectivity index (χ3n) is 2.86. The minimum Gasteiger partial charge on any atom is -0.416 e. The standard InChI is InChI=1S/C15H9IO2/c16-14-13(10-6-2-1-3-7-10)11-8-4-5-9-12(11)15(17)18-14/h1-9H. The van der Waals surface area contributed by atoms with E-state index in [0.29, 0.717) is 9.15 Å². The second kappa shape index (κ2) is 4.57. The first-order valence-corrected chi connectivity index (χ1v) is 6.62. The van der Waals surface area contributed by atoms with E-state index >= 15 is 0 Å². The zero-order valence-electron chi connectivity index (χ0n) is 9.39. The lowest BCUT2D eigenvalue weighted by Gasteiger charge is -2.07. The van der Waals surface area contributed by atoms with Gasteiger partial charge in [-0.05, 0) is 11.6 Å². The lowest BCUT2D eigenvalue weighted by atomic mass is 10.0. The summed E-state index contributed by atoms with van der Waals surface area (Å²) in [5.74, 6) is 0. The molecule has 0 spiro atoms. The van der Waals surface area contributed by atoms with Gasteiger partial charge >= 0.3 is 5.63 Å². The number of rotatable bonds is 1. The Balaban J connectivity index is 2.46. The smallest absolute Gasteiger partial charge is 0.344 e. The zero-order chi connectivity index (χ0) is 12.5. The van der Waals surface area contributed by atoms with Crippen LogP contribution >= 0.6 is 22.6 Å². The number of fused-ring (bicyclic) bond motifs is 1. The van der Waals surface area contributed by atoms with Gasteiger partial charge in [0.25, 0.3) is 0 Å². The molecule has 0 amide bonds. The van der Waals surface area contributed by atoms with Gasteiger partial charge in [0.15, 0.2) is 3.77 Å². The quantitative estimate of drug-likeness (QED) is 0.621. The Morgan fingerprint density at radius 1 is 0.833 bits per heavy atom. The molecule has 0 fully saturated rings. The number of benzene rings is 2. The van der Waals surface area contributed by atoms with Crippen molar-refractivity contribution in [2.75, 3.05) is 0 Å². The summed E-state index contributed by atoms with van der Waals surface area (Å²) in [6.45, 7) is 0. The first-order chi connectivity index (χ1) is 8.77. The van der Waals surface area contributed by atoms with Crippen LogP contribution in [0.5, 0.6) is 0 Å². The van der Waals surface area contributed by atoms with Crippen LogP contribution in [-0.2, 0) is 0 Å². The Morgan fingerprint density at radius 3 is 2.17 bits per heavy atom. The molecule has 1 heterocycles. The van der Waals surface area contributed by atoms with Crippen molar-refractivity contribution in [2.45, 2.75) is 0 Å². The van der Waals surface area contributed by atoms with Crippen molar-refractivity contribution in [3.8, 4) is 11.1 Å². The van der Waals surface area contributed by atoms with Crippen molar-refractivity contribution < 1.29 is 4.42 Å². The van der Waals surface area contributed by atoms with E-state index in [9.17, 15) is 4.79 Å². The van der Waals surface area contributed by atoms with Crippen molar-refractivity contribution in [2.24, 2.45) is 0 Å². The molecule has 0 saturated heterocycles. The number of halogens is 1. The SMILES string of the molecule is O=c1oc(I)c(-c2ccccc2)c2ccccc12. The van der Waals surface area contributed by atoms with E-state index in [1.165, 1.54) is 0 Å². The van der Waals surface area contributed by atoms with Gasteiger partial charge in [-0.2, -0.15) is 0 Å². The Morgan fingerprint density at radius 2 is 1.44 bits per heavy atom. The molecule has 0 N–H and O–H groups in total. The molecule has 0 aliphatic carbocycles. The van der Waals surface area contributed by atoms with Crippen LogP contribution in [-0.4, -0.2) is 0 Å². The van der Waals surface area contributed by atoms with Crippen LogP contribution in [0.2, 0.25) is 0 Å². The maximum Gasteiger partial charge on any atom is 0.344 e. The monoisotopic (exact) mass is 348 g/mol. The van der Waals surface area contributed by atoms with Crippen molar-refractivity contribution in [3.63, 3.8) is 0 Å². The average molecular weight is 348 g/mol. The third kappa shape index (κ3) is 1.84. The van der Waals surface area contributed by atoms with E-state index in [1.807, 2.05) is 48.5 Å². The minimum absolute atomic E-state index is 0.283.